The van der Waals surface area contributed by atoms with Crippen LogP contribution >= 0.6 is 0 Å². The van der Waals surface area contributed by atoms with E-state index in [0.29, 0.717) is 5.76 Å². The van der Waals surface area contributed by atoms with Crippen molar-refractivity contribution >= 4 is 16.8 Å². The molecule has 0 bridgehead atoms. The molecule has 0 unspecified atom stereocenters. The molecule has 3 rings (SSSR count). The second kappa shape index (κ2) is 3.98. The van der Waals surface area contributed by atoms with Crippen LogP contribution in [0.5, 0.6) is 0 Å². The number of rotatable bonds is 3. The van der Waals surface area contributed by atoms with Gasteiger partial charge in [-0.15, -0.1) is 0 Å². The first kappa shape index (κ1) is 11.5. The zero-order valence-corrected chi connectivity index (χ0v) is 11.1. The SMILES string of the molecule is Cc1c(C(=O)C(C)C)oc2ccc(C3CC3)cc12. The minimum Gasteiger partial charge on any atom is -0.453 e. The highest BCUT2D eigenvalue weighted by molar-refractivity contribution is 6.01. The molecule has 0 aliphatic heterocycles. The third-order valence-electron chi connectivity index (χ3n) is 3.76. The minimum atomic E-state index is -0.0211. The molecule has 0 amide bonds. The van der Waals surface area contributed by atoms with Crippen LogP contribution in [0, 0.1) is 12.8 Å². The van der Waals surface area contributed by atoms with Crippen LogP contribution < -0.4 is 0 Å². The van der Waals surface area contributed by atoms with E-state index in [9.17, 15) is 4.79 Å². The van der Waals surface area contributed by atoms with Gasteiger partial charge in [-0.2, -0.15) is 0 Å². The summed E-state index contributed by atoms with van der Waals surface area (Å²) in [6, 6.07) is 6.34. The number of Topliss-reactive ketones (excluding diaryl/α,β-unsaturated/α-hetero) is 1. The highest BCUT2D eigenvalue weighted by Gasteiger charge is 2.25. The summed E-state index contributed by atoms with van der Waals surface area (Å²) >= 11 is 0. The van der Waals surface area contributed by atoms with Crippen LogP contribution in [0.3, 0.4) is 0 Å². The van der Waals surface area contributed by atoms with E-state index in [2.05, 4.69) is 12.1 Å². The molecule has 0 spiro atoms. The van der Waals surface area contributed by atoms with E-state index in [1.54, 1.807) is 0 Å². The van der Waals surface area contributed by atoms with Gasteiger partial charge in [-0.3, -0.25) is 4.79 Å². The van der Waals surface area contributed by atoms with Crippen LogP contribution in [-0.2, 0) is 0 Å². The minimum absolute atomic E-state index is 0.0211. The molecule has 1 saturated carbocycles. The van der Waals surface area contributed by atoms with Gasteiger partial charge in [0.2, 0.25) is 5.78 Å². The first-order valence-corrected chi connectivity index (χ1v) is 6.65. The predicted octanol–water partition coefficient (Wildman–Crippen LogP) is 4.46. The molecular weight excluding hydrogens is 224 g/mol. The normalized spacial score (nSPS) is 15.6. The van der Waals surface area contributed by atoms with Gasteiger partial charge < -0.3 is 4.42 Å². The number of benzene rings is 1. The molecule has 1 aromatic heterocycles. The fourth-order valence-electron chi connectivity index (χ4n) is 2.41. The van der Waals surface area contributed by atoms with Gasteiger partial charge >= 0.3 is 0 Å². The Balaban J connectivity index is 2.12. The van der Waals surface area contributed by atoms with Crippen molar-refractivity contribution in [1.29, 1.82) is 0 Å². The number of fused-ring (bicyclic) bond motifs is 1. The lowest BCUT2D eigenvalue weighted by molar-refractivity contribution is 0.0912. The molecule has 94 valence electrons. The smallest absolute Gasteiger partial charge is 0.200 e. The number of aryl methyl sites for hydroxylation is 1. The zero-order chi connectivity index (χ0) is 12.9. The Hall–Kier alpha value is -1.57. The summed E-state index contributed by atoms with van der Waals surface area (Å²) in [5.41, 5.74) is 3.21. The lowest BCUT2D eigenvalue weighted by Gasteiger charge is -2.00. The fraction of sp³-hybridized carbons (Fsp3) is 0.438. The monoisotopic (exact) mass is 242 g/mol. The first-order chi connectivity index (χ1) is 8.58. The number of hydrogen-bond acceptors (Lipinski definition) is 2. The molecule has 1 aromatic carbocycles. The molecule has 18 heavy (non-hydrogen) atoms. The van der Waals surface area contributed by atoms with Crippen molar-refractivity contribution in [1.82, 2.24) is 0 Å². The van der Waals surface area contributed by atoms with E-state index in [0.717, 1.165) is 22.5 Å². The van der Waals surface area contributed by atoms with Crippen molar-refractivity contribution in [2.45, 2.75) is 39.5 Å². The third-order valence-corrected chi connectivity index (χ3v) is 3.76. The van der Waals surface area contributed by atoms with Crippen molar-refractivity contribution in [2.75, 3.05) is 0 Å². The van der Waals surface area contributed by atoms with E-state index in [1.807, 2.05) is 26.8 Å². The Morgan fingerprint density at radius 3 is 2.67 bits per heavy atom. The maximum atomic E-state index is 12.1. The molecule has 1 aliphatic rings. The summed E-state index contributed by atoms with van der Waals surface area (Å²) in [6.45, 7) is 5.80. The molecule has 1 heterocycles. The van der Waals surface area contributed by atoms with E-state index in [4.69, 9.17) is 4.42 Å². The molecule has 0 N–H and O–H groups in total. The van der Waals surface area contributed by atoms with E-state index >= 15 is 0 Å². The largest absolute Gasteiger partial charge is 0.453 e. The highest BCUT2D eigenvalue weighted by atomic mass is 16.3. The number of carbonyl (C=O) groups excluding carboxylic acids is 1. The van der Waals surface area contributed by atoms with Gasteiger partial charge in [-0.05, 0) is 43.4 Å². The molecule has 1 aliphatic carbocycles. The Morgan fingerprint density at radius 1 is 1.33 bits per heavy atom. The summed E-state index contributed by atoms with van der Waals surface area (Å²) in [7, 11) is 0. The van der Waals surface area contributed by atoms with Crippen LogP contribution in [0.25, 0.3) is 11.0 Å². The topological polar surface area (TPSA) is 30.2 Å². The average molecular weight is 242 g/mol. The molecule has 2 heteroatoms. The van der Waals surface area contributed by atoms with E-state index in [1.165, 1.54) is 18.4 Å². The summed E-state index contributed by atoms with van der Waals surface area (Å²) in [6.07, 6.45) is 2.58. The standard InChI is InChI=1S/C16H18O2/c1-9(2)15(17)16-10(3)13-8-12(11-4-5-11)6-7-14(13)18-16/h6-9,11H,4-5H2,1-3H3. The maximum Gasteiger partial charge on any atom is 0.200 e. The van der Waals surface area contributed by atoms with E-state index in [-0.39, 0.29) is 11.7 Å². The Labute approximate surface area is 107 Å². The Morgan fingerprint density at radius 2 is 2.06 bits per heavy atom. The summed E-state index contributed by atoms with van der Waals surface area (Å²) in [5, 5.41) is 1.10. The molecule has 0 atom stereocenters. The number of carbonyl (C=O) groups is 1. The molecule has 0 saturated heterocycles. The number of hydrogen-bond donors (Lipinski definition) is 0. The van der Waals surface area contributed by atoms with Crippen LogP contribution in [0.2, 0.25) is 0 Å². The van der Waals surface area contributed by atoms with Crippen molar-refractivity contribution in [3.8, 4) is 0 Å². The van der Waals surface area contributed by atoms with Crippen molar-refractivity contribution in [2.24, 2.45) is 5.92 Å². The van der Waals surface area contributed by atoms with Crippen LogP contribution in [-0.4, -0.2) is 5.78 Å². The fourth-order valence-corrected chi connectivity index (χ4v) is 2.41. The van der Waals surface area contributed by atoms with Crippen LogP contribution in [0.1, 0.15) is 54.3 Å². The van der Waals surface area contributed by atoms with Crippen LogP contribution in [0.15, 0.2) is 22.6 Å². The Bertz CT molecular complexity index is 615. The quantitative estimate of drug-likeness (QED) is 0.744. The van der Waals surface area contributed by atoms with Gasteiger partial charge in [0.1, 0.15) is 5.58 Å². The number of furan rings is 1. The second-order valence-corrected chi connectivity index (χ2v) is 5.61. The Kier molecular flexibility index (Phi) is 2.54. The van der Waals surface area contributed by atoms with E-state index < -0.39 is 0 Å². The van der Waals surface area contributed by atoms with Crippen molar-refractivity contribution in [3.05, 3.63) is 35.1 Å². The maximum absolute atomic E-state index is 12.1. The molecule has 2 aromatic rings. The van der Waals surface area contributed by atoms with Gasteiger partial charge in [-0.1, -0.05) is 19.9 Å². The molecule has 1 fully saturated rings. The lowest BCUT2D eigenvalue weighted by atomic mass is 10.0. The van der Waals surface area contributed by atoms with Gasteiger partial charge in [0.15, 0.2) is 5.76 Å². The van der Waals surface area contributed by atoms with Crippen molar-refractivity contribution < 1.29 is 9.21 Å². The van der Waals surface area contributed by atoms with Gasteiger partial charge in [-0.25, -0.2) is 0 Å². The third kappa shape index (κ3) is 1.76. The molecular formula is C16H18O2. The van der Waals surface area contributed by atoms with Gasteiger partial charge in [0.25, 0.3) is 0 Å². The van der Waals surface area contributed by atoms with Gasteiger partial charge in [0.05, 0.1) is 0 Å². The summed E-state index contributed by atoms with van der Waals surface area (Å²) in [5.74, 6) is 1.34. The molecule has 2 nitrogen and oxygen atoms in total. The average Bonchev–Trinajstić information content (AvgIpc) is 3.14. The predicted molar refractivity (Wildman–Crippen MR) is 72.1 cm³/mol. The van der Waals surface area contributed by atoms with Crippen molar-refractivity contribution in [3.63, 3.8) is 0 Å². The zero-order valence-electron chi connectivity index (χ0n) is 11.1. The number of ketones is 1. The first-order valence-electron chi connectivity index (χ1n) is 6.65. The van der Waals surface area contributed by atoms with Crippen LogP contribution in [0.4, 0.5) is 0 Å². The molecule has 0 radical (unpaired) electrons. The second-order valence-electron chi connectivity index (χ2n) is 5.61. The summed E-state index contributed by atoms with van der Waals surface area (Å²) < 4.78 is 5.73. The van der Waals surface area contributed by atoms with Gasteiger partial charge in [0, 0.05) is 16.9 Å². The summed E-state index contributed by atoms with van der Waals surface area (Å²) in [4.78, 5) is 12.1. The lowest BCUT2D eigenvalue weighted by Crippen LogP contribution is -2.07. The highest BCUT2D eigenvalue weighted by Crippen LogP contribution is 2.41.